The van der Waals surface area contributed by atoms with Crippen molar-refractivity contribution in [2.45, 2.75) is 25.2 Å². The molecule has 4 rings (SSSR count). The molecular formula is C24H29N3O4S2. The number of thiazole rings is 1. The minimum absolute atomic E-state index is 0.162. The quantitative estimate of drug-likeness (QED) is 0.484. The van der Waals surface area contributed by atoms with Gasteiger partial charge in [0.15, 0.2) is 15.0 Å². The number of amides is 1. The normalized spacial score (nSPS) is 15.1. The summed E-state index contributed by atoms with van der Waals surface area (Å²) < 4.78 is 32.3. The van der Waals surface area contributed by atoms with E-state index in [4.69, 9.17) is 9.72 Å². The number of sulfone groups is 1. The third kappa shape index (κ3) is 5.78. The standard InChI is InChI=1S/C24H29N3O4S2/c1-18-7-9-20(10-8-18)33(29,30)17-22(28)27(12-4-11-26-13-15-31-16-14-26)24-25-23-19(2)5-3-6-21(23)32-24/h3,5-10H,4,11-17H2,1-2H3. The van der Waals surface area contributed by atoms with Crippen molar-refractivity contribution in [1.29, 1.82) is 0 Å². The van der Waals surface area contributed by atoms with Crippen LogP contribution in [-0.4, -0.2) is 69.4 Å². The number of carbonyl (C=O) groups excluding carboxylic acids is 1. The van der Waals surface area contributed by atoms with E-state index < -0.39 is 21.5 Å². The van der Waals surface area contributed by atoms with Crippen LogP contribution in [0, 0.1) is 13.8 Å². The highest BCUT2D eigenvalue weighted by atomic mass is 32.2. The molecule has 0 saturated carbocycles. The Morgan fingerprint density at radius 1 is 1.12 bits per heavy atom. The van der Waals surface area contributed by atoms with Crippen molar-refractivity contribution >= 4 is 42.4 Å². The fraction of sp³-hybridized carbons (Fsp3) is 0.417. The van der Waals surface area contributed by atoms with E-state index in [1.165, 1.54) is 11.3 Å². The first-order valence-electron chi connectivity index (χ1n) is 11.1. The fourth-order valence-corrected chi connectivity index (χ4v) is 6.15. The van der Waals surface area contributed by atoms with Crippen molar-refractivity contribution < 1.29 is 17.9 Å². The van der Waals surface area contributed by atoms with Gasteiger partial charge in [0.2, 0.25) is 5.91 Å². The monoisotopic (exact) mass is 487 g/mol. The number of aromatic nitrogens is 1. The lowest BCUT2D eigenvalue weighted by Crippen LogP contribution is -2.40. The maximum atomic E-state index is 13.3. The highest BCUT2D eigenvalue weighted by Gasteiger charge is 2.27. The van der Waals surface area contributed by atoms with E-state index in [0.29, 0.717) is 24.9 Å². The van der Waals surface area contributed by atoms with Crippen LogP contribution in [0.1, 0.15) is 17.5 Å². The summed E-state index contributed by atoms with van der Waals surface area (Å²) in [4.78, 5) is 22.0. The Labute approximate surface area is 198 Å². The molecular weight excluding hydrogens is 458 g/mol. The molecule has 2 aromatic carbocycles. The lowest BCUT2D eigenvalue weighted by Gasteiger charge is -2.27. The molecule has 1 aliphatic heterocycles. The van der Waals surface area contributed by atoms with Gasteiger partial charge in [-0.1, -0.05) is 41.2 Å². The Morgan fingerprint density at radius 2 is 1.85 bits per heavy atom. The maximum Gasteiger partial charge on any atom is 0.244 e. The average Bonchev–Trinajstić information content (AvgIpc) is 3.22. The molecule has 33 heavy (non-hydrogen) atoms. The number of benzene rings is 2. The van der Waals surface area contributed by atoms with E-state index in [1.807, 2.05) is 32.0 Å². The van der Waals surface area contributed by atoms with Gasteiger partial charge in [-0.05, 0) is 44.0 Å². The number of anilines is 1. The highest BCUT2D eigenvalue weighted by molar-refractivity contribution is 7.92. The van der Waals surface area contributed by atoms with Gasteiger partial charge in [-0.2, -0.15) is 0 Å². The summed E-state index contributed by atoms with van der Waals surface area (Å²) in [5.74, 6) is -1.03. The molecule has 0 atom stereocenters. The largest absolute Gasteiger partial charge is 0.379 e. The van der Waals surface area contributed by atoms with Crippen molar-refractivity contribution in [1.82, 2.24) is 9.88 Å². The molecule has 3 aromatic rings. The Morgan fingerprint density at radius 3 is 2.55 bits per heavy atom. The first-order chi connectivity index (χ1) is 15.8. The average molecular weight is 488 g/mol. The molecule has 1 saturated heterocycles. The van der Waals surface area contributed by atoms with Gasteiger partial charge in [-0.3, -0.25) is 14.6 Å². The zero-order chi connectivity index (χ0) is 23.4. The maximum absolute atomic E-state index is 13.3. The third-order valence-electron chi connectivity index (χ3n) is 5.79. The third-order valence-corrected chi connectivity index (χ3v) is 8.46. The summed E-state index contributed by atoms with van der Waals surface area (Å²) in [5, 5.41) is 0.547. The van der Waals surface area contributed by atoms with E-state index in [0.717, 1.165) is 47.4 Å². The second kappa shape index (κ2) is 10.3. The van der Waals surface area contributed by atoms with Crippen LogP contribution in [0.5, 0.6) is 0 Å². The van der Waals surface area contributed by atoms with Gasteiger partial charge in [0, 0.05) is 26.2 Å². The topological polar surface area (TPSA) is 79.8 Å². The molecule has 2 heterocycles. The van der Waals surface area contributed by atoms with Crippen molar-refractivity contribution in [2.75, 3.05) is 50.0 Å². The highest BCUT2D eigenvalue weighted by Crippen LogP contribution is 2.31. The van der Waals surface area contributed by atoms with Crippen molar-refractivity contribution in [3.05, 3.63) is 53.6 Å². The summed E-state index contributed by atoms with van der Waals surface area (Å²) >= 11 is 1.42. The summed E-state index contributed by atoms with van der Waals surface area (Å²) in [6.07, 6.45) is 0.727. The van der Waals surface area contributed by atoms with Gasteiger partial charge in [0.05, 0.1) is 28.3 Å². The predicted molar refractivity (Wildman–Crippen MR) is 132 cm³/mol. The van der Waals surface area contributed by atoms with Crippen LogP contribution in [0.2, 0.25) is 0 Å². The SMILES string of the molecule is Cc1ccc(S(=O)(=O)CC(=O)N(CCCN2CCOCC2)c2nc3c(C)cccc3s2)cc1. The molecule has 1 amide bonds. The number of aryl methyl sites for hydroxylation is 2. The summed E-state index contributed by atoms with van der Waals surface area (Å²) in [5.41, 5.74) is 2.85. The van der Waals surface area contributed by atoms with E-state index in [2.05, 4.69) is 4.90 Å². The van der Waals surface area contributed by atoms with E-state index in [-0.39, 0.29) is 4.90 Å². The molecule has 0 unspecified atom stereocenters. The number of morpholine rings is 1. The van der Waals surface area contributed by atoms with Crippen LogP contribution in [0.25, 0.3) is 10.2 Å². The van der Waals surface area contributed by atoms with Crippen LogP contribution in [-0.2, 0) is 19.4 Å². The summed E-state index contributed by atoms with van der Waals surface area (Å²) in [7, 11) is -3.75. The number of ether oxygens (including phenoxy) is 1. The Balaban J connectivity index is 1.55. The second-order valence-corrected chi connectivity index (χ2v) is 11.3. The first kappa shape index (κ1) is 23.8. The molecule has 0 bridgehead atoms. The fourth-order valence-electron chi connectivity index (χ4n) is 3.86. The molecule has 0 N–H and O–H groups in total. The van der Waals surface area contributed by atoms with E-state index in [1.54, 1.807) is 29.2 Å². The van der Waals surface area contributed by atoms with Gasteiger partial charge < -0.3 is 4.74 Å². The smallest absolute Gasteiger partial charge is 0.244 e. The van der Waals surface area contributed by atoms with Gasteiger partial charge >= 0.3 is 0 Å². The minimum Gasteiger partial charge on any atom is -0.379 e. The van der Waals surface area contributed by atoms with Gasteiger partial charge in [0.25, 0.3) is 0 Å². The van der Waals surface area contributed by atoms with E-state index >= 15 is 0 Å². The molecule has 1 aliphatic rings. The Kier molecular flexibility index (Phi) is 7.43. The van der Waals surface area contributed by atoms with Crippen LogP contribution in [0.3, 0.4) is 0 Å². The van der Waals surface area contributed by atoms with Crippen molar-refractivity contribution in [3.8, 4) is 0 Å². The zero-order valence-corrected chi connectivity index (χ0v) is 20.6. The molecule has 1 fully saturated rings. The number of hydrogen-bond acceptors (Lipinski definition) is 7. The van der Waals surface area contributed by atoms with Crippen molar-refractivity contribution in [2.24, 2.45) is 0 Å². The van der Waals surface area contributed by atoms with Gasteiger partial charge in [-0.25, -0.2) is 13.4 Å². The van der Waals surface area contributed by atoms with Crippen LogP contribution in [0.4, 0.5) is 5.13 Å². The molecule has 176 valence electrons. The number of rotatable bonds is 8. The number of fused-ring (bicyclic) bond motifs is 1. The second-order valence-electron chi connectivity index (χ2n) is 8.34. The predicted octanol–water partition coefficient (Wildman–Crippen LogP) is 3.44. The number of hydrogen-bond donors (Lipinski definition) is 0. The summed E-state index contributed by atoms with van der Waals surface area (Å²) in [6, 6.07) is 12.5. The Bertz CT molecular complexity index is 1220. The lowest BCUT2D eigenvalue weighted by atomic mass is 10.2. The minimum atomic E-state index is -3.75. The molecule has 0 radical (unpaired) electrons. The molecule has 0 spiro atoms. The van der Waals surface area contributed by atoms with Gasteiger partial charge in [0.1, 0.15) is 5.75 Å². The van der Waals surface area contributed by atoms with Crippen LogP contribution in [0.15, 0.2) is 47.4 Å². The summed E-state index contributed by atoms with van der Waals surface area (Å²) in [6.45, 7) is 8.29. The first-order valence-corrected chi connectivity index (χ1v) is 13.6. The Hall–Kier alpha value is -2.33. The van der Waals surface area contributed by atoms with Crippen LogP contribution < -0.4 is 4.90 Å². The van der Waals surface area contributed by atoms with Crippen LogP contribution >= 0.6 is 11.3 Å². The zero-order valence-electron chi connectivity index (χ0n) is 19.0. The van der Waals surface area contributed by atoms with Gasteiger partial charge in [-0.15, -0.1) is 0 Å². The number of carbonyl (C=O) groups is 1. The molecule has 7 nitrogen and oxygen atoms in total. The molecule has 0 aliphatic carbocycles. The number of para-hydroxylation sites is 1. The molecule has 9 heteroatoms. The van der Waals surface area contributed by atoms with E-state index in [9.17, 15) is 13.2 Å². The lowest BCUT2D eigenvalue weighted by molar-refractivity contribution is -0.116. The molecule has 1 aromatic heterocycles. The number of nitrogens with zero attached hydrogens (tertiary/aromatic N) is 3. The van der Waals surface area contributed by atoms with Crippen molar-refractivity contribution in [3.63, 3.8) is 0 Å².